The maximum atomic E-state index is 13.9. The Bertz CT molecular complexity index is 2210. The predicted molar refractivity (Wildman–Crippen MR) is 201 cm³/mol. The van der Waals surface area contributed by atoms with Gasteiger partial charge in [0.15, 0.2) is 0 Å². The van der Waals surface area contributed by atoms with Crippen LogP contribution in [0.15, 0.2) is 104 Å². The Balaban J connectivity index is 0.924. The van der Waals surface area contributed by atoms with Crippen molar-refractivity contribution in [2.24, 2.45) is 0 Å². The number of nitrogens with one attached hydrogen (secondary N) is 4. The van der Waals surface area contributed by atoms with Gasteiger partial charge in [-0.05, 0) is 53.5 Å². The van der Waals surface area contributed by atoms with Gasteiger partial charge in [-0.3, -0.25) is 9.59 Å². The molecule has 6 aromatic rings. The van der Waals surface area contributed by atoms with Crippen LogP contribution in [0, 0.1) is 0 Å². The number of imidazole rings is 3. The standard InChI is InChI=1S/C41H41N9O4/c1-54-41(53)48-37(30-7-3-2-4-8-30)40(52)50-20-6-10-35(50)39-44-24-33(47-39)29-17-13-27(14-18-29)26-11-15-28(16-12-26)32-23-43-38(46-32)34-9-5-19-49(34)36(51)21-31-22-42-25-45-31/h2-4,7-8,11-18,22-25,34-35,37H,5-6,9-10,19-21H2,1H3,(H,42,45)(H,43,46)(H,44,47)(H,48,53)/t34-,35-,37+/m0/s1. The summed E-state index contributed by atoms with van der Waals surface area (Å²) in [4.78, 5) is 66.1. The molecule has 0 aliphatic carbocycles. The number of likely N-dealkylation sites (tertiary alicyclic amines) is 2. The van der Waals surface area contributed by atoms with Gasteiger partial charge in [-0.15, -0.1) is 0 Å². The summed E-state index contributed by atoms with van der Waals surface area (Å²) in [5, 5.41) is 2.71. The number of H-pyrrole nitrogens is 3. The van der Waals surface area contributed by atoms with Crippen LogP contribution >= 0.6 is 0 Å². The molecule has 54 heavy (non-hydrogen) atoms. The topological polar surface area (TPSA) is 165 Å². The number of methoxy groups -OCH3 is 1. The first-order valence-corrected chi connectivity index (χ1v) is 18.2. The van der Waals surface area contributed by atoms with Crippen LogP contribution in [0.1, 0.15) is 66.7 Å². The second kappa shape index (κ2) is 15.2. The van der Waals surface area contributed by atoms with Crippen molar-refractivity contribution in [3.8, 4) is 33.6 Å². The number of carbonyl (C=O) groups is 3. The minimum atomic E-state index is -0.870. The van der Waals surface area contributed by atoms with E-state index >= 15 is 0 Å². The zero-order chi connectivity index (χ0) is 37.0. The second-order valence-electron chi connectivity index (χ2n) is 13.7. The summed E-state index contributed by atoms with van der Waals surface area (Å²) in [7, 11) is 1.28. The summed E-state index contributed by atoms with van der Waals surface area (Å²) in [5.41, 5.74) is 7.41. The molecule has 274 valence electrons. The van der Waals surface area contributed by atoms with E-state index < -0.39 is 12.1 Å². The van der Waals surface area contributed by atoms with Gasteiger partial charge < -0.3 is 34.8 Å². The highest BCUT2D eigenvalue weighted by atomic mass is 16.5. The molecule has 2 saturated heterocycles. The smallest absolute Gasteiger partial charge is 0.407 e. The number of alkyl carbamates (subject to hydrolysis) is 1. The third-order valence-electron chi connectivity index (χ3n) is 10.4. The largest absolute Gasteiger partial charge is 0.453 e. The van der Waals surface area contributed by atoms with Crippen LogP contribution in [0.3, 0.4) is 0 Å². The third-order valence-corrected chi connectivity index (χ3v) is 10.4. The highest BCUT2D eigenvalue weighted by Crippen LogP contribution is 2.35. The van der Waals surface area contributed by atoms with Crippen molar-refractivity contribution < 1.29 is 19.1 Å². The molecule has 0 radical (unpaired) electrons. The van der Waals surface area contributed by atoms with Crippen LogP contribution in [-0.4, -0.2) is 77.8 Å². The third kappa shape index (κ3) is 7.12. The van der Waals surface area contributed by atoms with E-state index in [1.165, 1.54) is 7.11 Å². The highest BCUT2D eigenvalue weighted by Gasteiger charge is 2.37. The number of benzene rings is 3. The average molecular weight is 724 g/mol. The Labute approximate surface area is 312 Å². The van der Waals surface area contributed by atoms with Crippen LogP contribution in [0.2, 0.25) is 0 Å². The van der Waals surface area contributed by atoms with Crippen LogP contribution in [0.5, 0.6) is 0 Å². The lowest BCUT2D eigenvalue weighted by atomic mass is 10.0. The van der Waals surface area contributed by atoms with E-state index in [0.29, 0.717) is 24.4 Å². The predicted octanol–water partition coefficient (Wildman–Crippen LogP) is 6.52. The lowest BCUT2D eigenvalue weighted by molar-refractivity contribution is -0.134. The molecule has 13 heteroatoms. The monoisotopic (exact) mass is 723 g/mol. The fourth-order valence-corrected chi connectivity index (χ4v) is 7.58. The van der Waals surface area contributed by atoms with E-state index in [4.69, 9.17) is 9.72 Å². The zero-order valence-electron chi connectivity index (χ0n) is 29.9. The minimum Gasteiger partial charge on any atom is -0.453 e. The van der Waals surface area contributed by atoms with Gasteiger partial charge >= 0.3 is 6.09 Å². The normalized spacial score (nSPS) is 17.4. The van der Waals surface area contributed by atoms with Gasteiger partial charge in [0.05, 0.1) is 55.7 Å². The van der Waals surface area contributed by atoms with E-state index in [2.05, 4.69) is 78.8 Å². The van der Waals surface area contributed by atoms with Gasteiger partial charge in [-0.1, -0.05) is 78.9 Å². The highest BCUT2D eigenvalue weighted by molar-refractivity contribution is 5.87. The Morgan fingerprint density at radius 3 is 1.87 bits per heavy atom. The lowest BCUT2D eigenvalue weighted by Gasteiger charge is -2.28. The van der Waals surface area contributed by atoms with E-state index in [-0.39, 0.29) is 23.9 Å². The van der Waals surface area contributed by atoms with E-state index in [9.17, 15) is 14.4 Å². The number of aromatic nitrogens is 6. The number of hydrogen-bond acceptors (Lipinski definition) is 7. The SMILES string of the molecule is COC(=O)N[C@@H](C(=O)N1CCC[C@H]1c1ncc(-c2ccc(-c3ccc(-c4cnc([C@@H]5CCCN5C(=O)Cc5cnc[nH]5)[nH]4)cc3)cc2)[nH]1)c1ccccc1. The molecule has 0 unspecified atom stereocenters. The summed E-state index contributed by atoms with van der Waals surface area (Å²) < 4.78 is 4.82. The molecule has 8 rings (SSSR count). The Hall–Kier alpha value is -6.50. The van der Waals surface area contributed by atoms with Crippen molar-refractivity contribution in [1.29, 1.82) is 0 Å². The molecule has 3 amide bonds. The fraction of sp³-hybridized carbons (Fsp3) is 0.268. The molecule has 3 aromatic carbocycles. The lowest BCUT2D eigenvalue weighted by Crippen LogP contribution is -2.42. The van der Waals surface area contributed by atoms with Gasteiger partial charge in [-0.25, -0.2) is 19.7 Å². The van der Waals surface area contributed by atoms with Gasteiger partial charge in [0.1, 0.15) is 17.7 Å². The number of amides is 3. The van der Waals surface area contributed by atoms with E-state index in [1.807, 2.05) is 41.4 Å². The Morgan fingerprint density at radius 1 is 0.759 bits per heavy atom. The summed E-state index contributed by atoms with van der Waals surface area (Å²) in [6.07, 6.45) is 9.97. The number of nitrogens with zero attached hydrogens (tertiary/aromatic N) is 5. The van der Waals surface area contributed by atoms with Crippen molar-refractivity contribution in [2.75, 3.05) is 20.2 Å². The van der Waals surface area contributed by atoms with E-state index in [1.54, 1.807) is 23.6 Å². The summed E-state index contributed by atoms with van der Waals surface area (Å²) in [5.74, 6) is 1.38. The van der Waals surface area contributed by atoms with E-state index in [0.717, 1.165) is 77.4 Å². The molecule has 2 aliphatic heterocycles. The number of ether oxygens (including phenoxy) is 1. The van der Waals surface area contributed by atoms with Crippen molar-refractivity contribution in [3.63, 3.8) is 0 Å². The second-order valence-corrected chi connectivity index (χ2v) is 13.7. The zero-order valence-corrected chi connectivity index (χ0v) is 29.9. The summed E-state index contributed by atoms with van der Waals surface area (Å²) in [6, 6.07) is 24.7. The van der Waals surface area contributed by atoms with Gasteiger partial charge in [-0.2, -0.15) is 0 Å². The molecule has 5 heterocycles. The number of hydrogen-bond donors (Lipinski definition) is 4. The first-order chi connectivity index (χ1) is 26.4. The van der Waals surface area contributed by atoms with Crippen molar-refractivity contribution in [1.82, 2.24) is 45.0 Å². The Kier molecular flexibility index (Phi) is 9.75. The Morgan fingerprint density at radius 2 is 1.31 bits per heavy atom. The van der Waals surface area contributed by atoms with Crippen LogP contribution in [0.25, 0.3) is 33.6 Å². The number of rotatable bonds is 10. The van der Waals surface area contributed by atoms with Gasteiger partial charge in [0.25, 0.3) is 5.91 Å². The summed E-state index contributed by atoms with van der Waals surface area (Å²) >= 11 is 0. The molecule has 2 fully saturated rings. The molecule has 0 spiro atoms. The molecule has 4 N–H and O–H groups in total. The van der Waals surface area contributed by atoms with Gasteiger partial charge in [0, 0.05) is 25.0 Å². The molecule has 2 aliphatic rings. The van der Waals surface area contributed by atoms with Crippen LogP contribution in [-0.2, 0) is 20.7 Å². The molecule has 0 bridgehead atoms. The molecular formula is C41H41N9O4. The maximum absolute atomic E-state index is 13.9. The van der Waals surface area contributed by atoms with Gasteiger partial charge in [0.2, 0.25) is 5.91 Å². The van der Waals surface area contributed by atoms with Crippen molar-refractivity contribution >= 4 is 17.9 Å². The number of aromatic amines is 3. The molecule has 13 nitrogen and oxygen atoms in total. The van der Waals surface area contributed by atoms with Crippen molar-refractivity contribution in [2.45, 2.75) is 50.2 Å². The van der Waals surface area contributed by atoms with Crippen molar-refractivity contribution in [3.05, 3.63) is 127 Å². The molecule has 3 aromatic heterocycles. The quantitative estimate of drug-likeness (QED) is 0.125. The van der Waals surface area contributed by atoms with Crippen LogP contribution < -0.4 is 5.32 Å². The average Bonchev–Trinajstić information content (AvgIpc) is 4.06. The maximum Gasteiger partial charge on any atom is 0.407 e. The fourth-order valence-electron chi connectivity index (χ4n) is 7.58. The van der Waals surface area contributed by atoms with Crippen LogP contribution in [0.4, 0.5) is 4.79 Å². The molecule has 3 atom stereocenters. The minimum absolute atomic E-state index is 0.0686. The first-order valence-electron chi connectivity index (χ1n) is 18.2. The number of carbonyl (C=O) groups excluding carboxylic acids is 3. The summed E-state index contributed by atoms with van der Waals surface area (Å²) in [6.45, 7) is 1.28. The first kappa shape index (κ1) is 34.6. The molecular weight excluding hydrogens is 683 g/mol. The molecule has 0 saturated carbocycles.